The van der Waals surface area contributed by atoms with Crippen LogP contribution in [0.4, 0.5) is 5.69 Å². The molecule has 0 saturated heterocycles. The molecule has 0 spiro atoms. The number of aryl methyl sites for hydroxylation is 1. The van der Waals surface area contributed by atoms with Gasteiger partial charge in [-0.05, 0) is 48.4 Å². The normalized spacial score (nSPS) is 11.2. The first-order valence-corrected chi connectivity index (χ1v) is 11.4. The lowest BCUT2D eigenvalue weighted by Crippen LogP contribution is -2.40. The van der Waals surface area contributed by atoms with Crippen LogP contribution in [0.1, 0.15) is 21.5 Å². The second kappa shape index (κ2) is 10.6. The quantitative estimate of drug-likeness (QED) is 0.313. The van der Waals surface area contributed by atoms with Crippen molar-refractivity contribution in [3.05, 3.63) is 95.6 Å². The molecule has 0 atom stereocenters. The molecule has 8 nitrogen and oxygen atoms in total. The van der Waals surface area contributed by atoms with E-state index in [0.29, 0.717) is 22.4 Å². The summed E-state index contributed by atoms with van der Waals surface area (Å²) in [6.45, 7) is 1.32. The van der Waals surface area contributed by atoms with Crippen molar-refractivity contribution in [1.82, 2.24) is 5.43 Å². The summed E-state index contributed by atoms with van der Waals surface area (Å²) < 4.78 is 32.3. The fourth-order valence-electron chi connectivity index (χ4n) is 3.03. The lowest BCUT2D eigenvalue weighted by molar-refractivity contribution is -0.119. The van der Waals surface area contributed by atoms with Gasteiger partial charge in [0.15, 0.2) is 0 Å². The highest BCUT2D eigenvalue weighted by Crippen LogP contribution is 2.26. The number of sulfonamides is 1. The van der Waals surface area contributed by atoms with E-state index in [-0.39, 0.29) is 4.90 Å². The van der Waals surface area contributed by atoms with Gasteiger partial charge in [-0.1, -0.05) is 48.5 Å². The molecule has 170 valence electrons. The van der Waals surface area contributed by atoms with Gasteiger partial charge in [0, 0.05) is 0 Å². The van der Waals surface area contributed by atoms with Crippen LogP contribution in [-0.2, 0) is 19.6 Å². The molecule has 3 aromatic rings. The van der Waals surface area contributed by atoms with Gasteiger partial charge in [-0.15, -0.1) is 0 Å². The van der Waals surface area contributed by atoms with Gasteiger partial charge in [0.05, 0.1) is 29.5 Å². The molecule has 0 aliphatic rings. The number of methoxy groups -OCH3 is 1. The number of amides is 1. The maximum Gasteiger partial charge on any atom is 0.337 e. The summed E-state index contributed by atoms with van der Waals surface area (Å²) in [5.41, 5.74) is 4.49. The number of para-hydroxylation sites is 1. The standard InChI is InChI=1S/C24H23N3O5S/c1-18-8-6-7-11-22(18)27(33(30,31)21-9-4-3-5-10-21)17-23(28)26-25-16-19-12-14-20(15-13-19)24(29)32-2/h3-16H,17H2,1-2H3,(H,26,28)/b25-16+. The van der Waals surface area contributed by atoms with E-state index in [1.54, 1.807) is 73.7 Å². The van der Waals surface area contributed by atoms with Gasteiger partial charge in [0.2, 0.25) is 0 Å². The Kier molecular flexibility index (Phi) is 7.57. The summed E-state index contributed by atoms with van der Waals surface area (Å²) in [6.07, 6.45) is 1.39. The largest absolute Gasteiger partial charge is 0.465 e. The molecule has 0 aliphatic carbocycles. The van der Waals surface area contributed by atoms with Gasteiger partial charge < -0.3 is 4.74 Å². The van der Waals surface area contributed by atoms with E-state index in [2.05, 4.69) is 15.3 Å². The molecule has 9 heteroatoms. The number of hydrogen-bond acceptors (Lipinski definition) is 6. The van der Waals surface area contributed by atoms with Crippen LogP contribution < -0.4 is 9.73 Å². The van der Waals surface area contributed by atoms with Crippen molar-refractivity contribution >= 4 is 33.8 Å². The van der Waals surface area contributed by atoms with Crippen molar-refractivity contribution in [3.63, 3.8) is 0 Å². The zero-order valence-electron chi connectivity index (χ0n) is 18.1. The predicted octanol–water partition coefficient (Wildman–Crippen LogP) is 3.13. The molecule has 0 saturated carbocycles. The third kappa shape index (κ3) is 5.83. The third-order valence-corrected chi connectivity index (χ3v) is 6.51. The number of carbonyl (C=O) groups excluding carboxylic acids is 2. The first-order valence-electron chi connectivity index (χ1n) is 9.96. The fourth-order valence-corrected chi connectivity index (χ4v) is 4.54. The van der Waals surface area contributed by atoms with Gasteiger partial charge in [0.25, 0.3) is 15.9 Å². The molecular weight excluding hydrogens is 442 g/mol. The first kappa shape index (κ1) is 23.7. The van der Waals surface area contributed by atoms with Gasteiger partial charge in [-0.25, -0.2) is 18.6 Å². The maximum atomic E-state index is 13.3. The second-order valence-electron chi connectivity index (χ2n) is 7.02. The highest BCUT2D eigenvalue weighted by Gasteiger charge is 2.27. The lowest BCUT2D eigenvalue weighted by atomic mass is 10.1. The molecule has 1 amide bonds. The molecule has 1 N–H and O–H groups in total. The molecule has 0 aliphatic heterocycles. The summed E-state index contributed by atoms with van der Waals surface area (Å²) >= 11 is 0. The van der Waals surface area contributed by atoms with Crippen molar-refractivity contribution in [3.8, 4) is 0 Å². The highest BCUT2D eigenvalue weighted by molar-refractivity contribution is 7.92. The summed E-state index contributed by atoms with van der Waals surface area (Å²) in [5, 5.41) is 3.90. The van der Waals surface area contributed by atoms with E-state index < -0.39 is 28.4 Å². The molecular formula is C24H23N3O5S. The summed E-state index contributed by atoms with van der Waals surface area (Å²) in [5.74, 6) is -1.07. The Balaban J connectivity index is 1.78. The number of ether oxygens (including phenoxy) is 1. The van der Waals surface area contributed by atoms with Crippen LogP contribution in [0, 0.1) is 6.92 Å². The van der Waals surface area contributed by atoms with E-state index in [9.17, 15) is 18.0 Å². The van der Waals surface area contributed by atoms with Gasteiger partial charge in [-0.2, -0.15) is 5.10 Å². The van der Waals surface area contributed by atoms with Crippen LogP contribution in [0.5, 0.6) is 0 Å². The van der Waals surface area contributed by atoms with Gasteiger partial charge in [0.1, 0.15) is 6.54 Å². The number of nitrogens with one attached hydrogen (secondary N) is 1. The number of rotatable bonds is 8. The van der Waals surface area contributed by atoms with E-state index in [1.807, 2.05) is 0 Å². The van der Waals surface area contributed by atoms with Gasteiger partial charge in [-0.3, -0.25) is 9.10 Å². The van der Waals surface area contributed by atoms with E-state index in [1.165, 1.54) is 25.5 Å². The number of hydrazone groups is 1. The number of anilines is 1. The molecule has 0 heterocycles. The van der Waals surface area contributed by atoms with Crippen molar-refractivity contribution in [2.24, 2.45) is 5.10 Å². The predicted molar refractivity (Wildman–Crippen MR) is 126 cm³/mol. The van der Waals surface area contributed by atoms with Crippen molar-refractivity contribution in [2.75, 3.05) is 18.0 Å². The molecule has 3 rings (SSSR count). The number of esters is 1. The van der Waals surface area contributed by atoms with Crippen molar-refractivity contribution < 1.29 is 22.7 Å². The minimum Gasteiger partial charge on any atom is -0.465 e. The molecule has 0 aromatic heterocycles. The Bertz CT molecular complexity index is 1260. The Morgan fingerprint density at radius 1 is 0.970 bits per heavy atom. The zero-order chi connectivity index (χ0) is 23.8. The Labute approximate surface area is 192 Å². The molecule has 3 aromatic carbocycles. The van der Waals surface area contributed by atoms with E-state index >= 15 is 0 Å². The smallest absolute Gasteiger partial charge is 0.337 e. The van der Waals surface area contributed by atoms with Crippen molar-refractivity contribution in [1.29, 1.82) is 0 Å². The monoisotopic (exact) mass is 465 g/mol. The molecule has 0 radical (unpaired) electrons. The topological polar surface area (TPSA) is 105 Å². The highest BCUT2D eigenvalue weighted by atomic mass is 32.2. The molecule has 0 bridgehead atoms. The van der Waals surface area contributed by atoms with Crippen LogP contribution in [0.15, 0.2) is 88.9 Å². The average Bonchev–Trinajstić information content (AvgIpc) is 2.83. The molecule has 0 fully saturated rings. The Morgan fingerprint density at radius 3 is 2.24 bits per heavy atom. The van der Waals surface area contributed by atoms with Crippen LogP contribution in [0.25, 0.3) is 0 Å². The summed E-state index contributed by atoms with van der Waals surface area (Å²) in [4.78, 5) is 24.2. The Hall–Kier alpha value is -3.98. The summed E-state index contributed by atoms with van der Waals surface area (Å²) in [7, 11) is -2.69. The van der Waals surface area contributed by atoms with Crippen LogP contribution in [-0.4, -0.2) is 40.2 Å². The third-order valence-electron chi connectivity index (χ3n) is 4.74. The number of carbonyl (C=O) groups is 2. The van der Waals surface area contributed by atoms with Crippen LogP contribution in [0.3, 0.4) is 0 Å². The van der Waals surface area contributed by atoms with Crippen molar-refractivity contribution in [2.45, 2.75) is 11.8 Å². The molecule has 33 heavy (non-hydrogen) atoms. The Morgan fingerprint density at radius 2 is 1.61 bits per heavy atom. The minimum absolute atomic E-state index is 0.0789. The SMILES string of the molecule is COC(=O)c1ccc(/C=N/NC(=O)CN(c2ccccc2C)S(=O)(=O)c2ccccc2)cc1. The molecule has 0 unspecified atom stereocenters. The minimum atomic E-state index is -3.99. The summed E-state index contributed by atoms with van der Waals surface area (Å²) in [6, 6.07) is 21.3. The first-order chi connectivity index (χ1) is 15.8. The van der Waals surface area contributed by atoms with E-state index in [0.717, 1.165) is 4.31 Å². The second-order valence-corrected chi connectivity index (χ2v) is 8.88. The van der Waals surface area contributed by atoms with Crippen LogP contribution in [0.2, 0.25) is 0 Å². The van der Waals surface area contributed by atoms with Gasteiger partial charge >= 0.3 is 5.97 Å². The number of nitrogens with zero attached hydrogens (tertiary/aromatic N) is 2. The lowest BCUT2D eigenvalue weighted by Gasteiger charge is -2.25. The zero-order valence-corrected chi connectivity index (χ0v) is 19.0. The maximum absolute atomic E-state index is 13.3. The fraction of sp³-hybridized carbons (Fsp3) is 0.125. The van der Waals surface area contributed by atoms with E-state index in [4.69, 9.17) is 0 Å². The number of hydrogen-bond donors (Lipinski definition) is 1. The van der Waals surface area contributed by atoms with Crippen LogP contribution >= 0.6 is 0 Å². The average molecular weight is 466 g/mol. The number of benzene rings is 3.